The van der Waals surface area contributed by atoms with Gasteiger partial charge in [-0.1, -0.05) is 53.6 Å². The molecule has 140 valence electrons. The monoisotopic (exact) mass is 402 g/mol. The largest absolute Gasteiger partial charge is 0.467 e. The molecule has 5 nitrogen and oxygen atoms in total. The second-order valence-corrected chi connectivity index (χ2v) is 7.46. The van der Waals surface area contributed by atoms with Crippen molar-refractivity contribution in [1.82, 2.24) is 4.57 Å². The summed E-state index contributed by atoms with van der Waals surface area (Å²) in [4.78, 5) is 29.7. The van der Waals surface area contributed by atoms with Crippen molar-refractivity contribution in [3.63, 3.8) is 0 Å². The van der Waals surface area contributed by atoms with Gasteiger partial charge in [-0.05, 0) is 37.6 Å². The Morgan fingerprint density at radius 1 is 1.22 bits per heavy atom. The van der Waals surface area contributed by atoms with Crippen LogP contribution in [0, 0.1) is 6.92 Å². The van der Waals surface area contributed by atoms with Crippen LogP contribution in [0.2, 0.25) is 5.02 Å². The van der Waals surface area contributed by atoms with E-state index in [4.69, 9.17) is 16.3 Å². The number of hydrogen-bond donors (Lipinski definition) is 0. The summed E-state index contributed by atoms with van der Waals surface area (Å²) >= 11 is 7.61. The van der Waals surface area contributed by atoms with Gasteiger partial charge in [-0.2, -0.15) is 4.99 Å². The zero-order valence-electron chi connectivity index (χ0n) is 15.2. The third-order valence-corrected chi connectivity index (χ3v) is 5.80. The number of carbonyl (C=O) groups is 2. The Morgan fingerprint density at radius 3 is 2.56 bits per heavy atom. The second kappa shape index (κ2) is 8.06. The molecule has 1 unspecified atom stereocenters. The predicted molar refractivity (Wildman–Crippen MR) is 107 cm³/mol. The second-order valence-electron chi connectivity index (χ2n) is 6.07. The van der Waals surface area contributed by atoms with Crippen molar-refractivity contribution in [2.45, 2.75) is 26.3 Å². The van der Waals surface area contributed by atoms with E-state index in [-0.39, 0.29) is 11.9 Å². The lowest BCUT2D eigenvalue weighted by molar-refractivity contribution is -0.144. The Balaban J connectivity index is 2.23. The van der Waals surface area contributed by atoms with E-state index in [2.05, 4.69) is 4.99 Å². The van der Waals surface area contributed by atoms with Crippen molar-refractivity contribution in [2.75, 3.05) is 7.11 Å². The Hall–Kier alpha value is -2.44. The molecule has 1 atom stereocenters. The van der Waals surface area contributed by atoms with Gasteiger partial charge in [-0.3, -0.25) is 4.79 Å². The molecule has 1 heterocycles. The molecule has 7 heteroatoms. The smallest absolute Gasteiger partial charge is 0.328 e. The number of aryl methyl sites for hydroxylation is 1. The van der Waals surface area contributed by atoms with Crippen LogP contribution in [-0.2, 0) is 9.53 Å². The maximum absolute atomic E-state index is 12.7. The average Bonchev–Trinajstić information content (AvgIpc) is 3.02. The Kier molecular flexibility index (Phi) is 5.77. The van der Waals surface area contributed by atoms with E-state index < -0.39 is 6.04 Å². The summed E-state index contributed by atoms with van der Waals surface area (Å²) in [6.45, 7) is 3.84. The number of amides is 1. The molecular weight excluding hydrogens is 384 g/mol. The molecule has 0 aliphatic carbocycles. The lowest BCUT2D eigenvalue weighted by atomic mass is 10.1. The van der Waals surface area contributed by atoms with Gasteiger partial charge in [-0.15, -0.1) is 0 Å². The van der Waals surface area contributed by atoms with Crippen molar-refractivity contribution >= 4 is 45.0 Å². The highest BCUT2D eigenvalue weighted by atomic mass is 35.5. The lowest BCUT2D eigenvalue weighted by Gasteiger charge is -2.15. The molecule has 0 fully saturated rings. The molecule has 3 aromatic rings. The van der Waals surface area contributed by atoms with Crippen molar-refractivity contribution in [2.24, 2.45) is 4.99 Å². The van der Waals surface area contributed by atoms with Gasteiger partial charge < -0.3 is 9.30 Å². The molecule has 1 aromatic heterocycles. The van der Waals surface area contributed by atoms with Crippen LogP contribution in [0.15, 0.2) is 47.5 Å². The van der Waals surface area contributed by atoms with Crippen LogP contribution in [0.4, 0.5) is 0 Å². The summed E-state index contributed by atoms with van der Waals surface area (Å²) < 4.78 is 7.46. The van der Waals surface area contributed by atoms with Gasteiger partial charge in [0.1, 0.15) is 6.04 Å². The number of hydrogen-bond acceptors (Lipinski definition) is 4. The maximum Gasteiger partial charge on any atom is 0.328 e. The van der Waals surface area contributed by atoms with E-state index >= 15 is 0 Å². The topological polar surface area (TPSA) is 60.7 Å². The number of ether oxygens (including phenoxy) is 1. The number of thiazole rings is 1. The summed E-state index contributed by atoms with van der Waals surface area (Å²) in [5, 5.41) is 0.551. The fraction of sp³-hybridized carbons (Fsp3) is 0.250. The lowest BCUT2D eigenvalue weighted by Crippen LogP contribution is -2.28. The minimum absolute atomic E-state index is 0.369. The van der Waals surface area contributed by atoms with Crippen molar-refractivity contribution in [3.05, 3.63) is 63.4 Å². The van der Waals surface area contributed by atoms with Gasteiger partial charge in [-0.25, -0.2) is 4.79 Å². The van der Waals surface area contributed by atoms with E-state index in [9.17, 15) is 9.59 Å². The van der Waals surface area contributed by atoms with Crippen molar-refractivity contribution in [1.29, 1.82) is 0 Å². The molecular formula is C20H19ClN2O3S. The summed E-state index contributed by atoms with van der Waals surface area (Å²) in [6.07, 6.45) is 0.497. The van der Waals surface area contributed by atoms with Crippen molar-refractivity contribution < 1.29 is 14.3 Å². The number of halogens is 1. The average molecular weight is 403 g/mol. The van der Waals surface area contributed by atoms with Crippen LogP contribution >= 0.6 is 22.9 Å². The van der Waals surface area contributed by atoms with Gasteiger partial charge in [0, 0.05) is 5.56 Å². The van der Waals surface area contributed by atoms with E-state index in [0.717, 1.165) is 15.8 Å². The highest BCUT2D eigenvalue weighted by Crippen LogP contribution is 2.29. The zero-order valence-corrected chi connectivity index (χ0v) is 16.8. The van der Waals surface area contributed by atoms with Crippen LogP contribution in [0.5, 0.6) is 0 Å². The van der Waals surface area contributed by atoms with Crippen LogP contribution in [0.3, 0.4) is 0 Å². The summed E-state index contributed by atoms with van der Waals surface area (Å²) in [5.74, 6) is -0.757. The van der Waals surface area contributed by atoms with Gasteiger partial charge in [0.15, 0.2) is 4.80 Å². The van der Waals surface area contributed by atoms with Gasteiger partial charge >= 0.3 is 5.97 Å². The standard InChI is InChI=1S/C20H19ClN2O3S/c1-4-15(19(25)26-3)23-16-7-5-6-14(21)17(16)27-20(23)22-18(24)13-10-8-12(2)9-11-13/h5-11,15H,4H2,1-3H3. The first-order chi connectivity index (χ1) is 13.0. The minimum atomic E-state index is -0.591. The first-order valence-electron chi connectivity index (χ1n) is 8.49. The van der Waals surface area contributed by atoms with E-state index in [1.807, 2.05) is 38.1 Å². The maximum atomic E-state index is 12.7. The normalized spacial score (nSPS) is 13.0. The quantitative estimate of drug-likeness (QED) is 0.602. The van der Waals surface area contributed by atoms with Crippen LogP contribution in [0.1, 0.15) is 35.3 Å². The number of esters is 1. The molecule has 0 saturated carbocycles. The Labute approximate surface area is 165 Å². The molecule has 0 bridgehead atoms. The zero-order chi connectivity index (χ0) is 19.6. The van der Waals surface area contributed by atoms with Crippen LogP contribution < -0.4 is 4.80 Å². The highest BCUT2D eigenvalue weighted by Gasteiger charge is 2.24. The van der Waals surface area contributed by atoms with Gasteiger partial charge in [0.2, 0.25) is 0 Å². The summed E-state index contributed by atoms with van der Waals surface area (Å²) in [7, 11) is 1.35. The van der Waals surface area contributed by atoms with Crippen LogP contribution in [-0.4, -0.2) is 23.6 Å². The Bertz CT molecular complexity index is 1070. The molecule has 0 aliphatic rings. The first-order valence-corrected chi connectivity index (χ1v) is 9.68. The van der Waals surface area contributed by atoms with Crippen LogP contribution in [0.25, 0.3) is 10.2 Å². The molecule has 0 N–H and O–H groups in total. The SMILES string of the molecule is CCC(C(=O)OC)n1c(=NC(=O)c2ccc(C)cc2)sc2c(Cl)cccc21. The highest BCUT2D eigenvalue weighted by molar-refractivity contribution is 7.17. The molecule has 0 spiro atoms. The number of rotatable bonds is 4. The third-order valence-electron chi connectivity index (χ3n) is 4.27. The van der Waals surface area contributed by atoms with Gasteiger partial charge in [0.25, 0.3) is 5.91 Å². The molecule has 2 aromatic carbocycles. The predicted octanol–water partition coefficient (Wildman–Crippen LogP) is 4.53. The summed E-state index contributed by atoms with van der Waals surface area (Å²) in [5.41, 5.74) is 2.30. The molecule has 0 radical (unpaired) electrons. The third kappa shape index (κ3) is 3.82. The molecule has 0 saturated heterocycles. The number of benzene rings is 2. The number of methoxy groups -OCH3 is 1. The Morgan fingerprint density at radius 2 is 1.93 bits per heavy atom. The molecule has 0 aliphatic heterocycles. The number of aromatic nitrogens is 1. The van der Waals surface area contributed by atoms with Crippen molar-refractivity contribution in [3.8, 4) is 0 Å². The van der Waals surface area contributed by atoms with Gasteiger partial charge in [0.05, 0.1) is 22.3 Å². The molecule has 1 amide bonds. The number of fused-ring (bicyclic) bond motifs is 1. The first kappa shape index (κ1) is 19.3. The number of nitrogens with zero attached hydrogens (tertiary/aromatic N) is 2. The van der Waals surface area contributed by atoms with E-state index in [0.29, 0.717) is 21.8 Å². The number of carbonyl (C=O) groups excluding carboxylic acids is 2. The molecule has 27 heavy (non-hydrogen) atoms. The van der Waals surface area contributed by atoms with E-state index in [1.165, 1.54) is 18.4 Å². The minimum Gasteiger partial charge on any atom is -0.467 e. The molecule has 3 rings (SSSR count). The summed E-state index contributed by atoms with van der Waals surface area (Å²) in [6, 6.07) is 12.1. The van der Waals surface area contributed by atoms with E-state index in [1.54, 1.807) is 22.8 Å². The fourth-order valence-electron chi connectivity index (χ4n) is 2.85. The fourth-order valence-corrected chi connectivity index (χ4v) is 4.20.